The number of halogens is 3. The second-order valence-electron chi connectivity index (χ2n) is 11.4. The molecular weight excluding hydrogens is 704 g/mol. The number of carbonyl (C=O) groups excluding carboxylic acids is 3. The molecule has 2 N–H and O–H groups in total. The lowest BCUT2D eigenvalue weighted by molar-refractivity contribution is -0.135. The van der Waals surface area contributed by atoms with Gasteiger partial charge in [0, 0.05) is 57.2 Å². The van der Waals surface area contributed by atoms with Crippen molar-refractivity contribution in [3.8, 4) is 5.75 Å². The van der Waals surface area contributed by atoms with Crippen LogP contribution in [0.25, 0.3) is 0 Å². The van der Waals surface area contributed by atoms with E-state index >= 15 is 0 Å². The van der Waals surface area contributed by atoms with Gasteiger partial charge in [-0.15, -0.1) is 0 Å². The number of amides is 3. The number of ether oxygens (including phenoxy) is 2. The van der Waals surface area contributed by atoms with E-state index in [0.29, 0.717) is 60.5 Å². The fraction of sp³-hybridized carbons (Fsp3) is 0.406. The average molecular weight is 736 g/mol. The van der Waals surface area contributed by atoms with Gasteiger partial charge in [-0.2, -0.15) is 0 Å². The first-order valence-corrected chi connectivity index (χ1v) is 16.4. The highest BCUT2D eigenvalue weighted by molar-refractivity contribution is 14.1. The molecule has 11 heteroatoms. The van der Waals surface area contributed by atoms with E-state index in [1.807, 2.05) is 36.4 Å². The van der Waals surface area contributed by atoms with Crippen LogP contribution in [0.5, 0.6) is 5.75 Å². The van der Waals surface area contributed by atoms with E-state index in [1.54, 1.807) is 24.0 Å². The van der Waals surface area contributed by atoms with Gasteiger partial charge >= 0.3 is 6.09 Å². The standard InChI is InChI=1S/C32H32Cl2IN3O5/c1-2-42-31(41)38-12-10-22(11-13-38)43-27-9-7-21(35)16-23(27)29-32(24-8-6-20(34)15-26(24)36-30(32)40)25(17-28(39)37-29)18-4-3-5-19(33)14-18/h3-9,15-16,18,22,25,29H,2,10-14,17H2,1H3,(H,36,40)(H,37,39)/t18?,25-,29+,32-/m0/s1. The lowest BCUT2D eigenvalue weighted by atomic mass is 9.57. The number of carbonyl (C=O) groups is 3. The van der Waals surface area contributed by atoms with Crippen LogP contribution in [-0.2, 0) is 19.7 Å². The minimum atomic E-state index is -1.15. The second kappa shape index (κ2) is 12.3. The number of fused-ring (bicyclic) bond motifs is 2. The first kappa shape index (κ1) is 30.3. The number of piperidine rings is 2. The smallest absolute Gasteiger partial charge is 0.409 e. The van der Waals surface area contributed by atoms with E-state index in [2.05, 4.69) is 39.3 Å². The average Bonchev–Trinajstić information content (AvgIpc) is 3.26. The van der Waals surface area contributed by atoms with Gasteiger partial charge in [0.05, 0.1) is 12.6 Å². The van der Waals surface area contributed by atoms with Crippen molar-refractivity contribution in [1.29, 1.82) is 0 Å². The fourth-order valence-electron chi connectivity index (χ4n) is 7.05. The molecule has 0 radical (unpaired) electrons. The van der Waals surface area contributed by atoms with Crippen LogP contribution in [0.3, 0.4) is 0 Å². The maximum absolute atomic E-state index is 14.4. The quantitative estimate of drug-likeness (QED) is 0.333. The van der Waals surface area contributed by atoms with Crippen LogP contribution < -0.4 is 15.4 Å². The Hall–Kier alpha value is -2.76. The molecule has 3 amide bonds. The van der Waals surface area contributed by atoms with Crippen LogP contribution in [-0.4, -0.2) is 48.6 Å². The summed E-state index contributed by atoms with van der Waals surface area (Å²) in [7, 11) is 0. The first-order chi connectivity index (χ1) is 20.7. The van der Waals surface area contributed by atoms with E-state index in [0.717, 1.165) is 14.7 Å². The van der Waals surface area contributed by atoms with Gasteiger partial charge in [0.15, 0.2) is 0 Å². The molecule has 2 fully saturated rings. The van der Waals surface area contributed by atoms with Crippen molar-refractivity contribution >= 4 is 69.4 Å². The number of rotatable bonds is 5. The Kier molecular flexibility index (Phi) is 8.68. The molecule has 0 bridgehead atoms. The Balaban J connectivity index is 1.42. The molecule has 1 unspecified atom stereocenters. The summed E-state index contributed by atoms with van der Waals surface area (Å²) in [5.74, 6) is -0.245. The summed E-state index contributed by atoms with van der Waals surface area (Å²) in [6.07, 6.45) is 7.32. The van der Waals surface area contributed by atoms with E-state index in [1.165, 1.54) is 0 Å². The highest BCUT2D eigenvalue weighted by atomic mass is 127. The summed E-state index contributed by atoms with van der Waals surface area (Å²) >= 11 is 15.1. The van der Waals surface area contributed by atoms with Crippen molar-refractivity contribution in [3.05, 3.63) is 79.4 Å². The predicted molar refractivity (Wildman–Crippen MR) is 173 cm³/mol. The van der Waals surface area contributed by atoms with Gasteiger partial charge in [-0.05, 0) is 89.7 Å². The molecule has 6 rings (SSSR count). The molecule has 3 aliphatic heterocycles. The summed E-state index contributed by atoms with van der Waals surface area (Å²) in [6, 6.07) is 10.6. The van der Waals surface area contributed by atoms with Crippen LogP contribution in [0.1, 0.15) is 49.8 Å². The largest absolute Gasteiger partial charge is 0.490 e. The van der Waals surface area contributed by atoms with Crippen LogP contribution in [0.4, 0.5) is 10.5 Å². The van der Waals surface area contributed by atoms with Gasteiger partial charge in [-0.3, -0.25) is 9.59 Å². The number of hydrogen-bond acceptors (Lipinski definition) is 5. The number of nitrogens with one attached hydrogen (secondary N) is 2. The minimum absolute atomic E-state index is 0.137. The summed E-state index contributed by atoms with van der Waals surface area (Å²) in [5, 5.41) is 7.51. The van der Waals surface area contributed by atoms with Gasteiger partial charge in [-0.1, -0.05) is 41.4 Å². The number of hydrogen-bond donors (Lipinski definition) is 2. The Labute approximate surface area is 274 Å². The van der Waals surface area contributed by atoms with Crippen LogP contribution in [0.2, 0.25) is 5.02 Å². The SMILES string of the molecule is CCOC(=O)N1CCC(Oc2ccc(I)cc2[C@H]2NC(=O)C[C@@H](C3C=CC=C(Cl)C3)[C@]23C(=O)Nc2cc(Cl)ccc23)CC1. The number of likely N-dealkylation sites (tertiary alicyclic amines) is 1. The molecule has 226 valence electrons. The van der Waals surface area contributed by atoms with E-state index in [9.17, 15) is 14.4 Å². The number of anilines is 1. The molecule has 4 atom stereocenters. The lowest BCUT2D eigenvalue weighted by Crippen LogP contribution is -2.59. The zero-order valence-corrected chi connectivity index (χ0v) is 27.2. The zero-order chi connectivity index (χ0) is 30.3. The molecule has 2 aromatic rings. The van der Waals surface area contributed by atoms with Crippen molar-refractivity contribution in [2.75, 3.05) is 25.0 Å². The number of allylic oxidation sites excluding steroid dienone is 4. The maximum atomic E-state index is 14.4. The van der Waals surface area contributed by atoms with Crippen LogP contribution >= 0.6 is 45.8 Å². The van der Waals surface area contributed by atoms with Crippen molar-refractivity contribution in [2.24, 2.45) is 11.8 Å². The van der Waals surface area contributed by atoms with Gasteiger partial charge in [0.25, 0.3) is 0 Å². The van der Waals surface area contributed by atoms with Crippen molar-refractivity contribution in [2.45, 2.75) is 50.2 Å². The van der Waals surface area contributed by atoms with Crippen LogP contribution in [0, 0.1) is 15.4 Å². The van der Waals surface area contributed by atoms with Crippen LogP contribution in [0.15, 0.2) is 59.7 Å². The minimum Gasteiger partial charge on any atom is -0.490 e. The van der Waals surface area contributed by atoms with Crippen molar-refractivity contribution in [1.82, 2.24) is 10.2 Å². The molecule has 4 aliphatic rings. The predicted octanol–water partition coefficient (Wildman–Crippen LogP) is 6.71. The van der Waals surface area contributed by atoms with Crippen molar-refractivity contribution < 1.29 is 23.9 Å². The summed E-state index contributed by atoms with van der Waals surface area (Å²) in [4.78, 5) is 41.8. The molecule has 2 saturated heterocycles. The topological polar surface area (TPSA) is 97.0 Å². The normalized spacial score (nSPS) is 26.9. The molecule has 3 heterocycles. The lowest BCUT2D eigenvalue weighted by Gasteiger charge is -2.49. The monoisotopic (exact) mass is 735 g/mol. The summed E-state index contributed by atoms with van der Waals surface area (Å²) in [5.41, 5.74) is 1.03. The third-order valence-corrected chi connectivity index (χ3v) is 10.1. The van der Waals surface area contributed by atoms with E-state index < -0.39 is 11.5 Å². The summed E-state index contributed by atoms with van der Waals surface area (Å²) in [6.45, 7) is 3.17. The molecule has 0 saturated carbocycles. The summed E-state index contributed by atoms with van der Waals surface area (Å²) < 4.78 is 12.7. The fourth-order valence-corrected chi connectivity index (χ4v) is 7.99. The highest BCUT2D eigenvalue weighted by Crippen LogP contribution is 2.58. The van der Waals surface area contributed by atoms with E-state index in [4.69, 9.17) is 32.7 Å². The van der Waals surface area contributed by atoms with Gasteiger partial charge < -0.3 is 25.0 Å². The molecule has 1 spiro atoms. The third kappa shape index (κ3) is 5.64. The van der Waals surface area contributed by atoms with E-state index in [-0.39, 0.29) is 42.3 Å². The molecule has 0 aromatic heterocycles. The Morgan fingerprint density at radius 2 is 1.91 bits per heavy atom. The molecule has 2 aromatic carbocycles. The van der Waals surface area contributed by atoms with Gasteiger partial charge in [-0.25, -0.2) is 4.79 Å². The second-order valence-corrected chi connectivity index (χ2v) is 13.5. The number of benzene rings is 2. The molecule has 8 nitrogen and oxygen atoms in total. The Bertz CT molecular complexity index is 1520. The molecular formula is C32H32Cl2IN3O5. The van der Waals surface area contributed by atoms with Gasteiger partial charge in [0.1, 0.15) is 17.3 Å². The van der Waals surface area contributed by atoms with Gasteiger partial charge in [0.2, 0.25) is 11.8 Å². The third-order valence-electron chi connectivity index (χ3n) is 8.93. The maximum Gasteiger partial charge on any atom is 0.409 e. The zero-order valence-electron chi connectivity index (χ0n) is 23.6. The highest BCUT2D eigenvalue weighted by Gasteiger charge is 2.62. The first-order valence-electron chi connectivity index (χ1n) is 14.5. The molecule has 43 heavy (non-hydrogen) atoms. The Morgan fingerprint density at radius 1 is 1.12 bits per heavy atom. The molecule has 1 aliphatic carbocycles. The van der Waals surface area contributed by atoms with Crippen molar-refractivity contribution in [3.63, 3.8) is 0 Å². The Morgan fingerprint density at radius 3 is 2.65 bits per heavy atom. The number of nitrogens with zero attached hydrogens (tertiary/aromatic N) is 1.